The third-order valence-electron chi connectivity index (χ3n) is 13.9. The van der Waals surface area contributed by atoms with Crippen LogP contribution < -0.4 is 15.5 Å². The van der Waals surface area contributed by atoms with E-state index in [0.29, 0.717) is 80.7 Å². The molecule has 2 aromatic carbocycles. The normalized spacial score (nSPS) is 24.9. The van der Waals surface area contributed by atoms with Crippen molar-refractivity contribution in [3.63, 3.8) is 0 Å². The highest BCUT2D eigenvalue weighted by Crippen LogP contribution is 2.72. The molecule has 5 aromatic rings. The molecule has 16 heteroatoms. The SMILES string of the molecule is CCOP(=O)(CCNCCOC12CC3(C)CC(C)(CC(Cn4ncc(-c5ccc(N6CCc7cccc(C(=O)Nc8nc9ccccc9s8)c7C6)nc5C(=O)O)c4C)(C3)C1)C2)OCC. The van der Waals surface area contributed by atoms with Gasteiger partial charge in [0.1, 0.15) is 5.82 Å². The molecule has 5 aliphatic rings. The van der Waals surface area contributed by atoms with Crippen molar-refractivity contribution in [2.75, 3.05) is 55.8 Å². The molecule has 10 rings (SSSR count). The lowest BCUT2D eigenvalue weighted by atomic mass is 9.39. The molecular formula is C48H60N7O7PS. The molecule has 1 aliphatic heterocycles. The van der Waals surface area contributed by atoms with E-state index in [0.717, 1.165) is 71.2 Å². The Morgan fingerprint density at radius 1 is 0.906 bits per heavy atom. The number of hydrogen-bond acceptors (Lipinski definition) is 12. The second-order valence-corrected chi connectivity index (χ2v) is 22.6. The van der Waals surface area contributed by atoms with Crippen molar-refractivity contribution in [3.8, 4) is 11.1 Å². The summed E-state index contributed by atoms with van der Waals surface area (Å²) < 4.78 is 33.8. The summed E-state index contributed by atoms with van der Waals surface area (Å²) in [4.78, 5) is 38.1. The van der Waals surface area contributed by atoms with E-state index in [9.17, 15) is 19.3 Å². The second kappa shape index (κ2) is 17.4. The molecule has 4 bridgehead atoms. The van der Waals surface area contributed by atoms with E-state index >= 15 is 0 Å². The van der Waals surface area contributed by atoms with Gasteiger partial charge in [0, 0.05) is 55.1 Å². The van der Waals surface area contributed by atoms with Crippen molar-refractivity contribution in [1.82, 2.24) is 25.1 Å². The lowest BCUT2D eigenvalue weighted by Gasteiger charge is -2.69. The van der Waals surface area contributed by atoms with E-state index in [4.69, 9.17) is 23.9 Å². The summed E-state index contributed by atoms with van der Waals surface area (Å²) in [6, 6.07) is 17.3. The van der Waals surface area contributed by atoms with Gasteiger partial charge < -0.3 is 29.1 Å². The Morgan fingerprint density at radius 2 is 1.67 bits per heavy atom. The first kappa shape index (κ1) is 44.7. The number of carbonyl (C=O) groups excluding carboxylic acids is 1. The number of aromatic carboxylic acids is 1. The van der Waals surface area contributed by atoms with E-state index in [1.807, 2.05) is 75.4 Å². The van der Waals surface area contributed by atoms with Crippen molar-refractivity contribution in [1.29, 1.82) is 0 Å². The van der Waals surface area contributed by atoms with Crippen LogP contribution in [-0.4, -0.2) is 87.9 Å². The number of anilines is 2. The van der Waals surface area contributed by atoms with Gasteiger partial charge in [0.05, 0.1) is 48.0 Å². The monoisotopic (exact) mass is 909 g/mol. The first-order valence-electron chi connectivity index (χ1n) is 22.7. The van der Waals surface area contributed by atoms with Crippen molar-refractivity contribution >= 4 is 52.0 Å². The van der Waals surface area contributed by atoms with Gasteiger partial charge in [0.15, 0.2) is 10.8 Å². The first-order chi connectivity index (χ1) is 30.6. The number of carboxylic acid groups (broad SMARTS) is 1. The van der Waals surface area contributed by atoms with E-state index in [-0.39, 0.29) is 33.4 Å². The highest BCUT2D eigenvalue weighted by atomic mass is 32.1. The number of thiazole rings is 1. The van der Waals surface area contributed by atoms with Crippen LogP contribution in [0.5, 0.6) is 0 Å². The number of carbonyl (C=O) groups is 2. The highest BCUT2D eigenvalue weighted by Gasteiger charge is 2.66. The number of carboxylic acids is 1. The second-order valence-electron chi connectivity index (χ2n) is 19.4. The smallest absolute Gasteiger partial charge is 0.355 e. The van der Waals surface area contributed by atoms with Crippen LogP contribution in [0.15, 0.2) is 60.8 Å². The number of hydrogen-bond donors (Lipinski definition) is 3. The average Bonchev–Trinajstić information content (AvgIpc) is 3.81. The van der Waals surface area contributed by atoms with E-state index in [1.54, 1.807) is 6.20 Å². The van der Waals surface area contributed by atoms with Gasteiger partial charge in [-0.25, -0.2) is 14.8 Å². The van der Waals surface area contributed by atoms with Gasteiger partial charge in [-0.2, -0.15) is 5.10 Å². The minimum absolute atomic E-state index is 0.0201. The number of para-hydroxylation sites is 1. The molecule has 3 N–H and O–H groups in total. The number of aromatic nitrogens is 4. The van der Waals surface area contributed by atoms with Crippen LogP contribution in [0.25, 0.3) is 21.3 Å². The third kappa shape index (κ3) is 8.91. The van der Waals surface area contributed by atoms with Crippen LogP contribution in [0.4, 0.5) is 10.9 Å². The van der Waals surface area contributed by atoms with Crippen molar-refractivity contribution in [3.05, 3.63) is 88.9 Å². The largest absolute Gasteiger partial charge is 0.476 e. The number of nitrogens with one attached hydrogen (secondary N) is 2. The zero-order valence-corrected chi connectivity index (χ0v) is 39.3. The molecule has 14 nitrogen and oxygen atoms in total. The lowest BCUT2D eigenvalue weighted by Crippen LogP contribution is -2.64. The molecule has 1 amide bonds. The summed E-state index contributed by atoms with van der Waals surface area (Å²) in [7, 11) is -3.10. The molecule has 64 heavy (non-hydrogen) atoms. The van der Waals surface area contributed by atoms with Crippen LogP contribution in [0.3, 0.4) is 0 Å². The van der Waals surface area contributed by atoms with Gasteiger partial charge in [-0.3, -0.25) is 19.4 Å². The fourth-order valence-electron chi connectivity index (χ4n) is 12.7. The Kier molecular flexibility index (Phi) is 12.1. The standard InChI is InChI=1S/C48H60N7O7PS/c1-6-61-63(59,62-7-2)22-19-49-18-21-60-48-28-45(4)25-46(5,29-48)27-47(26-45,30-48)31-55-32(3)36(23-50-55)34-15-16-40(52-41(34)43(57)58)54-20-17-33-11-10-12-35(37(33)24-54)42(56)53-44-51-38-13-8-9-14-39(38)64-44/h8-16,23,49H,6-7,17-22,24-31H2,1-5H3,(H,57,58)(H,51,53,56). The van der Waals surface area contributed by atoms with E-state index in [2.05, 4.69) is 39.0 Å². The number of rotatable bonds is 18. The number of benzene rings is 2. The summed E-state index contributed by atoms with van der Waals surface area (Å²) in [5.74, 6) is -0.788. The van der Waals surface area contributed by atoms with Crippen LogP contribution >= 0.6 is 18.9 Å². The molecule has 4 aliphatic carbocycles. The molecule has 0 radical (unpaired) electrons. The Labute approximate surface area is 379 Å². The molecule has 0 saturated heterocycles. The van der Waals surface area contributed by atoms with E-state index < -0.39 is 13.6 Å². The minimum Gasteiger partial charge on any atom is -0.476 e. The number of nitrogens with zero attached hydrogens (tertiary/aromatic N) is 5. The van der Waals surface area contributed by atoms with Crippen molar-refractivity contribution in [2.24, 2.45) is 16.2 Å². The fourth-order valence-corrected chi connectivity index (χ4v) is 15.1. The Hall–Kier alpha value is -4.50. The Morgan fingerprint density at radius 3 is 2.41 bits per heavy atom. The predicted molar refractivity (Wildman–Crippen MR) is 250 cm³/mol. The van der Waals surface area contributed by atoms with Crippen molar-refractivity contribution in [2.45, 2.75) is 98.3 Å². The van der Waals surface area contributed by atoms with Gasteiger partial charge in [-0.05, 0) is 123 Å². The molecule has 2 atom stereocenters. The minimum atomic E-state index is -3.10. The van der Waals surface area contributed by atoms with Gasteiger partial charge >= 0.3 is 13.6 Å². The topological polar surface area (TPSA) is 170 Å². The molecule has 4 saturated carbocycles. The molecule has 4 heterocycles. The Balaban J connectivity index is 0.895. The van der Waals surface area contributed by atoms with Gasteiger partial charge in [-0.15, -0.1) is 0 Å². The summed E-state index contributed by atoms with van der Waals surface area (Å²) in [5, 5.41) is 22.5. The predicted octanol–water partition coefficient (Wildman–Crippen LogP) is 9.37. The average molecular weight is 910 g/mol. The summed E-state index contributed by atoms with van der Waals surface area (Å²) >= 11 is 1.44. The third-order valence-corrected chi connectivity index (χ3v) is 16.9. The van der Waals surface area contributed by atoms with Gasteiger partial charge in [0.2, 0.25) is 0 Å². The zero-order valence-electron chi connectivity index (χ0n) is 37.6. The van der Waals surface area contributed by atoms with E-state index in [1.165, 1.54) is 17.8 Å². The highest BCUT2D eigenvalue weighted by molar-refractivity contribution is 7.53. The lowest BCUT2D eigenvalue weighted by molar-refractivity contribution is -0.247. The number of ether oxygens (including phenoxy) is 1. The van der Waals surface area contributed by atoms with Crippen LogP contribution in [0.1, 0.15) is 104 Å². The van der Waals surface area contributed by atoms with Gasteiger partial charge in [0.25, 0.3) is 5.91 Å². The zero-order chi connectivity index (χ0) is 44.9. The molecule has 340 valence electrons. The Bertz CT molecular complexity index is 2570. The van der Waals surface area contributed by atoms with Crippen LogP contribution in [0, 0.1) is 23.2 Å². The molecule has 0 spiro atoms. The molecular weight excluding hydrogens is 850 g/mol. The molecule has 2 unspecified atom stereocenters. The van der Waals surface area contributed by atoms with Crippen molar-refractivity contribution < 1.29 is 33.0 Å². The van der Waals surface area contributed by atoms with Gasteiger partial charge in [-0.1, -0.05) is 49.4 Å². The van der Waals surface area contributed by atoms with Crippen LogP contribution in [0.2, 0.25) is 0 Å². The summed E-state index contributed by atoms with van der Waals surface area (Å²) in [6.07, 6.45) is 9.19. The summed E-state index contributed by atoms with van der Waals surface area (Å²) in [5.41, 5.74) is 5.60. The maximum absolute atomic E-state index is 13.7. The molecule has 4 fully saturated rings. The maximum atomic E-state index is 13.7. The quantitative estimate of drug-likeness (QED) is 0.0563. The molecule has 3 aromatic heterocycles. The fraction of sp³-hybridized carbons (Fsp3) is 0.521. The number of pyridine rings is 1. The maximum Gasteiger partial charge on any atom is 0.355 e. The summed E-state index contributed by atoms with van der Waals surface area (Å²) in [6.45, 7) is 14.8. The number of fused-ring (bicyclic) bond motifs is 2. The first-order valence-corrected chi connectivity index (χ1v) is 25.2. The van der Waals surface area contributed by atoms with Crippen LogP contribution in [-0.2, 0) is 37.9 Å². The number of amides is 1.